The number of nitrogens with one attached hydrogen (secondary N) is 1. The number of nitrogens with zero attached hydrogens (tertiary/aromatic N) is 1. The number of hydrogen-bond donors (Lipinski definition) is 3. The lowest BCUT2D eigenvalue weighted by Gasteiger charge is -2.27. The van der Waals surface area contributed by atoms with E-state index in [0.717, 1.165) is 0 Å². The molecule has 1 rings (SSSR count). The highest BCUT2D eigenvalue weighted by Crippen LogP contribution is 2.23. The van der Waals surface area contributed by atoms with Crippen LogP contribution in [-0.2, 0) is 4.79 Å². The highest BCUT2D eigenvalue weighted by molar-refractivity contribution is 5.99. The number of aryl methyl sites for hydroxylation is 1. The average molecular weight is 265 g/mol. The molecule has 1 aromatic heterocycles. The van der Waals surface area contributed by atoms with E-state index < -0.39 is 17.4 Å². The summed E-state index contributed by atoms with van der Waals surface area (Å²) in [6.07, 6.45) is 2.61. The van der Waals surface area contributed by atoms with Gasteiger partial charge in [-0.05, 0) is 31.9 Å². The molecule has 19 heavy (non-hydrogen) atoms. The van der Waals surface area contributed by atoms with Crippen molar-refractivity contribution in [1.29, 1.82) is 0 Å². The smallest absolute Gasteiger partial charge is 0.329 e. The molecular formula is C13H19N3O3. The Hall–Kier alpha value is -2.11. The number of hydrogen-bond acceptors (Lipinski definition) is 4. The van der Waals surface area contributed by atoms with Crippen molar-refractivity contribution in [3.63, 3.8) is 0 Å². The number of carbonyl (C=O) groups is 2. The summed E-state index contributed by atoms with van der Waals surface area (Å²) in [6.45, 7) is 5.18. The fourth-order valence-electron chi connectivity index (χ4n) is 1.95. The minimum absolute atomic E-state index is 0.214. The van der Waals surface area contributed by atoms with Crippen LogP contribution in [0.25, 0.3) is 0 Å². The monoisotopic (exact) mass is 265 g/mol. The molecule has 1 aromatic rings. The van der Waals surface area contributed by atoms with Crippen molar-refractivity contribution >= 4 is 17.7 Å². The van der Waals surface area contributed by atoms with Crippen LogP contribution >= 0.6 is 0 Å². The van der Waals surface area contributed by atoms with Gasteiger partial charge in [-0.25, -0.2) is 9.78 Å². The zero-order valence-electron chi connectivity index (χ0n) is 11.4. The first-order chi connectivity index (χ1) is 8.81. The van der Waals surface area contributed by atoms with Gasteiger partial charge in [0.15, 0.2) is 0 Å². The first-order valence-corrected chi connectivity index (χ1v) is 6.09. The maximum Gasteiger partial charge on any atom is 0.329 e. The van der Waals surface area contributed by atoms with Crippen molar-refractivity contribution in [2.24, 2.45) is 5.73 Å². The van der Waals surface area contributed by atoms with Crippen molar-refractivity contribution in [3.05, 3.63) is 23.4 Å². The molecule has 6 nitrogen and oxygen atoms in total. The zero-order chi connectivity index (χ0) is 14.6. The molecule has 0 saturated carbocycles. The number of amides is 1. The first kappa shape index (κ1) is 14.9. The molecule has 0 fully saturated rings. The summed E-state index contributed by atoms with van der Waals surface area (Å²) >= 11 is 0. The van der Waals surface area contributed by atoms with Gasteiger partial charge in [0.25, 0.3) is 5.91 Å². The molecule has 0 radical (unpaired) electrons. The molecule has 1 unspecified atom stereocenters. The number of rotatable bonds is 6. The third-order valence-corrected chi connectivity index (χ3v) is 3.02. The van der Waals surface area contributed by atoms with Crippen LogP contribution in [0, 0.1) is 6.92 Å². The van der Waals surface area contributed by atoms with Crippen LogP contribution in [-0.4, -0.2) is 27.5 Å². The van der Waals surface area contributed by atoms with E-state index in [2.05, 4.69) is 10.3 Å². The van der Waals surface area contributed by atoms with Crippen LogP contribution < -0.4 is 11.1 Å². The SMILES string of the molecule is CCCC(C)(Nc1nccc(C)c1C(N)=O)C(=O)O. The Balaban J connectivity index is 3.21. The van der Waals surface area contributed by atoms with E-state index in [9.17, 15) is 14.7 Å². The Morgan fingerprint density at radius 2 is 2.16 bits per heavy atom. The quantitative estimate of drug-likeness (QED) is 0.723. The third kappa shape index (κ3) is 3.21. The second kappa shape index (κ2) is 5.69. The molecule has 0 saturated heterocycles. The molecule has 104 valence electrons. The van der Waals surface area contributed by atoms with Crippen LogP contribution in [0.15, 0.2) is 12.3 Å². The van der Waals surface area contributed by atoms with Gasteiger partial charge in [0.05, 0.1) is 5.56 Å². The van der Waals surface area contributed by atoms with Crippen LogP contribution in [0.4, 0.5) is 5.82 Å². The molecule has 1 heterocycles. The molecular weight excluding hydrogens is 246 g/mol. The number of nitrogens with two attached hydrogens (primary N) is 1. The predicted molar refractivity (Wildman–Crippen MR) is 72.1 cm³/mol. The van der Waals surface area contributed by atoms with Gasteiger partial charge in [0, 0.05) is 6.20 Å². The minimum Gasteiger partial charge on any atom is -0.480 e. The normalized spacial score (nSPS) is 13.6. The number of anilines is 1. The predicted octanol–water partition coefficient (Wildman–Crippen LogP) is 1.54. The Kier molecular flexibility index (Phi) is 4.47. The molecule has 0 aromatic carbocycles. The van der Waals surface area contributed by atoms with E-state index in [1.807, 2.05) is 6.92 Å². The summed E-state index contributed by atoms with van der Waals surface area (Å²) in [5.74, 6) is -1.41. The third-order valence-electron chi connectivity index (χ3n) is 3.02. The van der Waals surface area contributed by atoms with Gasteiger partial charge in [-0.3, -0.25) is 4.79 Å². The molecule has 0 aliphatic rings. The van der Waals surface area contributed by atoms with Gasteiger partial charge in [-0.2, -0.15) is 0 Å². The summed E-state index contributed by atoms with van der Waals surface area (Å²) in [7, 11) is 0. The van der Waals surface area contributed by atoms with Crippen LogP contribution in [0.2, 0.25) is 0 Å². The van der Waals surface area contributed by atoms with Gasteiger partial charge in [0.1, 0.15) is 11.4 Å². The minimum atomic E-state index is -1.18. The van der Waals surface area contributed by atoms with E-state index in [4.69, 9.17) is 5.73 Å². The number of aliphatic carboxylic acids is 1. The van der Waals surface area contributed by atoms with Crippen molar-refractivity contribution in [1.82, 2.24) is 4.98 Å². The van der Waals surface area contributed by atoms with Crippen LogP contribution in [0.1, 0.15) is 42.6 Å². The maximum absolute atomic E-state index is 11.5. The van der Waals surface area contributed by atoms with E-state index in [1.54, 1.807) is 19.9 Å². The molecule has 0 aliphatic heterocycles. The van der Waals surface area contributed by atoms with E-state index in [1.165, 1.54) is 6.20 Å². The number of carboxylic acid groups (broad SMARTS) is 1. The van der Waals surface area contributed by atoms with Gasteiger partial charge < -0.3 is 16.2 Å². The Morgan fingerprint density at radius 3 is 2.63 bits per heavy atom. The second-order valence-corrected chi connectivity index (χ2v) is 4.73. The molecule has 1 amide bonds. The Labute approximate surface area is 112 Å². The summed E-state index contributed by atoms with van der Waals surface area (Å²) in [4.78, 5) is 26.9. The summed E-state index contributed by atoms with van der Waals surface area (Å²) in [5.41, 5.74) is 5.03. The maximum atomic E-state index is 11.5. The molecule has 6 heteroatoms. The number of pyridine rings is 1. The lowest BCUT2D eigenvalue weighted by atomic mass is 9.95. The number of aromatic nitrogens is 1. The fourth-order valence-corrected chi connectivity index (χ4v) is 1.95. The van der Waals surface area contributed by atoms with Gasteiger partial charge in [-0.15, -0.1) is 0 Å². The standard InChI is InChI=1S/C13H19N3O3/c1-4-6-13(3,12(18)19)16-11-9(10(14)17)8(2)5-7-15-11/h5,7H,4,6H2,1-3H3,(H2,14,17)(H,15,16)(H,18,19). The van der Waals surface area contributed by atoms with Crippen molar-refractivity contribution in [2.75, 3.05) is 5.32 Å². The van der Waals surface area contributed by atoms with E-state index in [-0.39, 0.29) is 11.4 Å². The largest absolute Gasteiger partial charge is 0.480 e. The Bertz CT molecular complexity index is 502. The van der Waals surface area contributed by atoms with Crippen molar-refractivity contribution in [2.45, 2.75) is 39.2 Å². The molecule has 1 atom stereocenters. The second-order valence-electron chi connectivity index (χ2n) is 4.73. The molecule has 0 spiro atoms. The lowest BCUT2D eigenvalue weighted by Crippen LogP contribution is -2.44. The number of carboxylic acids is 1. The molecule has 0 aliphatic carbocycles. The topological polar surface area (TPSA) is 105 Å². The van der Waals surface area contributed by atoms with Crippen molar-refractivity contribution < 1.29 is 14.7 Å². The fraction of sp³-hybridized carbons (Fsp3) is 0.462. The average Bonchev–Trinajstić information content (AvgIpc) is 2.28. The van der Waals surface area contributed by atoms with E-state index >= 15 is 0 Å². The summed E-state index contributed by atoms with van der Waals surface area (Å²) < 4.78 is 0. The first-order valence-electron chi connectivity index (χ1n) is 6.09. The van der Waals surface area contributed by atoms with Gasteiger partial charge in [-0.1, -0.05) is 13.3 Å². The number of carbonyl (C=O) groups excluding carboxylic acids is 1. The number of primary amides is 1. The Morgan fingerprint density at radius 1 is 1.53 bits per heavy atom. The van der Waals surface area contributed by atoms with E-state index in [0.29, 0.717) is 18.4 Å². The van der Waals surface area contributed by atoms with Crippen molar-refractivity contribution in [3.8, 4) is 0 Å². The summed E-state index contributed by atoms with van der Waals surface area (Å²) in [6, 6.07) is 1.66. The van der Waals surface area contributed by atoms with Crippen LogP contribution in [0.5, 0.6) is 0 Å². The highest BCUT2D eigenvalue weighted by Gasteiger charge is 2.33. The lowest BCUT2D eigenvalue weighted by molar-refractivity contribution is -0.142. The van der Waals surface area contributed by atoms with Gasteiger partial charge >= 0.3 is 5.97 Å². The van der Waals surface area contributed by atoms with Crippen LogP contribution in [0.3, 0.4) is 0 Å². The molecule has 4 N–H and O–H groups in total. The summed E-state index contributed by atoms with van der Waals surface area (Å²) in [5, 5.41) is 12.2. The zero-order valence-corrected chi connectivity index (χ0v) is 11.4. The highest BCUT2D eigenvalue weighted by atomic mass is 16.4. The molecule has 0 bridgehead atoms. The van der Waals surface area contributed by atoms with Gasteiger partial charge in [0.2, 0.25) is 0 Å².